The molecule has 166 valence electrons. The summed E-state index contributed by atoms with van der Waals surface area (Å²) in [5.74, 6) is 0.920. The van der Waals surface area contributed by atoms with Gasteiger partial charge in [-0.3, -0.25) is 9.97 Å². The van der Waals surface area contributed by atoms with E-state index >= 15 is 0 Å². The summed E-state index contributed by atoms with van der Waals surface area (Å²) in [6.45, 7) is 7.00. The summed E-state index contributed by atoms with van der Waals surface area (Å²) in [4.78, 5) is 15.9. The van der Waals surface area contributed by atoms with Crippen LogP contribution >= 0.6 is 12.2 Å². The van der Waals surface area contributed by atoms with Crippen molar-refractivity contribution in [2.75, 3.05) is 0 Å². The zero-order valence-electron chi connectivity index (χ0n) is 18.9. The molecular formula is C26H26N6S. The number of nitrogens with zero attached hydrogens (tertiary/aromatic N) is 5. The van der Waals surface area contributed by atoms with Crippen molar-refractivity contribution in [3.63, 3.8) is 0 Å². The molecule has 5 rings (SSSR count). The topological polar surface area (TPSA) is 58.9 Å². The number of aryl methyl sites for hydroxylation is 2. The van der Waals surface area contributed by atoms with Crippen molar-refractivity contribution < 1.29 is 0 Å². The Morgan fingerprint density at radius 3 is 2.55 bits per heavy atom. The van der Waals surface area contributed by atoms with E-state index in [1.807, 2.05) is 36.8 Å². The van der Waals surface area contributed by atoms with Gasteiger partial charge in [-0.1, -0.05) is 18.2 Å². The number of nitrogens with one attached hydrogen (secondary N) is 1. The molecule has 0 saturated carbocycles. The van der Waals surface area contributed by atoms with Gasteiger partial charge in [-0.25, -0.2) is 4.98 Å². The fourth-order valence-corrected chi connectivity index (χ4v) is 4.94. The highest BCUT2D eigenvalue weighted by atomic mass is 32.1. The van der Waals surface area contributed by atoms with E-state index in [4.69, 9.17) is 12.2 Å². The lowest BCUT2D eigenvalue weighted by Crippen LogP contribution is -2.29. The fraction of sp³-hybridized carbons (Fsp3) is 0.231. The Kier molecular flexibility index (Phi) is 5.64. The van der Waals surface area contributed by atoms with Crippen LogP contribution in [0.3, 0.4) is 0 Å². The Balaban J connectivity index is 1.61. The van der Waals surface area contributed by atoms with E-state index < -0.39 is 0 Å². The van der Waals surface area contributed by atoms with E-state index in [2.05, 4.69) is 80.8 Å². The predicted molar refractivity (Wildman–Crippen MR) is 133 cm³/mol. The second-order valence-corrected chi connectivity index (χ2v) is 8.86. The first-order valence-electron chi connectivity index (χ1n) is 11.0. The second kappa shape index (κ2) is 8.75. The van der Waals surface area contributed by atoms with Gasteiger partial charge in [0.1, 0.15) is 5.82 Å². The second-order valence-electron chi connectivity index (χ2n) is 8.47. The van der Waals surface area contributed by atoms with Crippen LogP contribution in [-0.2, 0) is 6.54 Å². The SMILES string of the molecule is Cc1ccc(-n2c(C)cc([C@H]3[C@H](c4ccccn4)NC(=S)N3Cc3cccnc3)c2C)nc1. The molecule has 5 heterocycles. The van der Waals surface area contributed by atoms with Gasteiger partial charge in [0.2, 0.25) is 0 Å². The molecule has 0 amide bonds. The molecule has 33 heavy (non-hydrogen) atoms. The average Bonchev–Trinajstić information content (AvgIpc) is 3.31. The smallest absolute Gasteiger partial charge is 0.170 e. The maximum Gasteiger partial charge on any atom is 0.170 e. The van der Waals surface area contributed by atoms with E-state index in [9.17, 15) is 0 Å². The largest absolute Gasteiger partial charge is 0.352 e. The quantitative estimate of drug-likeness (QED) is 0.439. The molecule has 0 aromatic carbocycles. The molecule has 7 heteroatoms. The van der Waals surface area contributed by atoms with Crippen LogP contribution in [0.15, 0.2) is 73.3 Å². The molecule has 0 unspecified atom stereocenters. The third kappa shape index (κ3) is 4.00. The summed E-state index contributed by atoms with van der Waals surface area (Å²) in [7, 11) is 0. The van der Waals surface area contributed by atoms with Crippen LogP contribution in [0.1, 0.15) is 45.9 Å². The lowest BCUT2D eigenvalue weighted by molar-refractivity contribution is 0.310. The van der Waals surface area contributed by atoms with Gasteiger partial charge in [0.05, 0.1) is 17.8 Å². The number of aromatic nitrogens is 4. The van der Waals surface area contributed by atoms with Crippen molar-refractivity contribution in [1.82, 2.24) is 29.7 Å². The third-order valence-corrected chi connectivity index (χ3v) is 6.54. The highest BCUT2D eigenvalue weighted by Crippen LogP contribution is 2.42. The van der Waals surface area contributed by atoms with Gasteiger partial charge in [-0.15, -0.1) is 0 Å². The zero-order valence-corrected chi connectivity index (χ0v) is 19.8. The molecule has 0 spiro atoms. The van der Waals surface area contributed by atoms with Gasteiger partial charge >= 0.3 is 0 Å². The number of pyridine rings is 3. The Morgan fingerprint density at radius 2 is 1.85 bits per heavy atom. The van der Waals surface area contributed by atoms with E-state index in [1.54, 1.807) is 6.20 Å². The van der Waals surface area contributed by atoms with Gasteiger partial charge in [0.15, 0.2) is 5.11 Å². The van der Waals surface area contributed by atoms with Gasteiger partial charge in [0, 0.05) is 42.7 Å². The van der Waals surface area contributed by atoms with Crippen molar-refractivity contribution in [1.29, 1.82) is 0 Å². The molecule has 0 radical (unpaired) electrons. The van der Waals surface area contributed by atoms with Gasteiger partial charge in [-0.2, -0.15) is 0 Å². The van der Waals surface area contributed by atoms with Gasteiger partial charge in [0.25, 0.3) is 0 Å². The maximum atomic E-state index is 5.83. The Labute approximate surface area is 199 Å². The maximum absolute atomic E-state index is 5.83. The number of rotatable bonds is 5. The molecule has 1 N–H and O–H groups in total. The summed E-state index contributed by atoms with van der Waals surface area (Å²) in [6.07, 6.45) is 7.43. The molecule has 1 aliphatic rings. The molecule has 0 aliphatic carbocycles. The van der Waals surface area contributed by atoms with Crippen LogP contribution in [-0.4, -0.2) is 29.5 Å². The molecule has 1 saturated heterocycles. The molecule has 0 bridgehead atoms. The first-order valence-corrected chi connectivity index (χ1v) is 11.4. The first-order chi connectivity index (χ1) is 16.0. The third-order valence-electron chi connectivity index (χ3n) is 6.19. The summed E-state index contributed by atoms with van der Waals surface area (Å²) >= 11 is 5.83. The first kappa shape index (κ1) is 21.3. The van der Waals surface area contributed by atoms with Crippen LogP contribution in [0.4, 0.5) is 0 Å². The van der Waals surface area contributed by atoms with Gasteiger partial charge < -0.3 is 14.8 Å². The average molecular weight is 455 g/mol. The minimum absolute atomic E-state index is 0.0157. The number of thiocarbonyl (C=S) groups is 1. The molecule has 6 nitrogen and oxygen atoms in total. The lowest BCUT2D eigenvalue weighted by Gasteiger charge is -2.28. The van der Waals surface area contributed by atoms with E-state index in [0.717, 1.165) is 39.1 Å². The molecule has 1 fully saturated rings. The number of hydrogen-bond acceptors (Lipinski definition) is 4. The fourth-order valence-electron chi connectivity index (χ4n) is 4.63. The van der Waals surface area contributed by atoms with Crippen LogP contribution < -0.4 is 5.32 Å². The molecule has 1 aliphatic heterocycles. The zero-order chi connectivity index (χ0) is 22.9. The van der Waals surface area contributed by atoms with Crippen molar-refractivity contribution in [2.45, 2.75) is 39.4 Å². The minimum Gasteiger partial charge on any atom is -0.352 e. The minimum atomic E-state index is -0.0599. The highest BCUT2D eigenvalue weighted by molar-refractivity contribution is 7.80. The number of hydrogen-bond donors (Lipinski definition) is 1. The van der Waals surface area contributed by atoms with Crippen molar-refractivity contribution in [3.8, 4) is 5.82 Å². The Morgan fingerprint density at radius 1 is 0.970 bits per heavy atom. The summed E-state index contributed by atoms with van der Waals surface area (Å²) < 4.78 is 2.22. The molecule has 4 aromatic rings. The monoisotopic (exact) mass is 454 g/mol. The van der Waals surface area contributed by atoms with E-state index in [1.165, 1.54) is 5.56 Å². The highest BCUT2D eigenvalue weighted by Gasteiger charge is 2.41. The summed E-state index contributed by atoms with van der Waals surface area (Å²) in [5.41, 5.74) is 6.72. The van der Waals surface area contributed by atoms with Crippen molar-refractivity contribution >= 4 is 17.3 Å². The molecular weight excluding hydrogens is 428 g/mol. The van der Waals surface area contributed by atoms with Crippen LogP contribution in [0, 0.1) is 20.8 Å². The summed E-state index contributed by atoms with van der Waals surface area (Å²) in [5, 5.41) is 4.26. The lowest BCUT2D eigenvalue weighted by atomic mass is 9.96. The van der Waals surface area contributed by atoms with Crippen molar-refractivity contribution in [3.05, 3.63) is 107 Å². The standard InChI is InChI=1S/C26H26N6S/c1-17-9-10-23(29-14-17)32-18(2)13-21(19(32)3)25-24(22-8-4-5-12-28-22)30-26(33)31(25)16-20-7-6-11-27-15-20/h4-15,24-25H,16H2,1-3H3,(H,30,33)/t24-,25-/m0/s1. The van der Waals surface area contributed by atoms with E-state index in [0.29, 0.717) is 6.54 Å². The molecule has 2 atom stereocenters. The Bertz CT molecular complexity index is 1270. The normalized spacial score (nSPS) is 17.9. The van der Waals surface area contributed by atoms with Crippen LogP contribution in [0.5, 0.6) is 0 Å². The predicted octanol–water partition coefficient (Wildman–Crippen LogP) is 4.76. The van der Waals surface area contributed by atoms with Crippen molar-refractivity contribution in [2.24, 2.45) is 0 Å². The Hall–Kier alpha value is -3.58. The van der Waals surface area contributed by atoms with E-state index in [-0.39, 0.29) is 12.1 Å². The molecule has 4 aromatic heterocycles. The van der Waals surface area contributed by atoms with Gasteiger partial charge in [-0.05, 0) is 80.0 Å². The van der Waals surface area contributed by atoms with Crippen LogP contribution in [0.25, 0.3) is 5.82 Å². The summed E-state index contributed by atoms with van der Waals surface area (Å²) in [6, 6.07) is 16.4. The van der Waals surface area contributed by atoms with Crippen LogP contribution in [0.2, 0.25) is 0 Å².